The molecule has 0 heterocycles. The van der Waals surface area contributed by atoms with Crippen molar-refractivity contribution in [2.45, 2.75) is 11.9 Å². The number of hydrogen-bond donors (Lipinski definition) is 1. The van der Waals surface area contributed by atoms with E-state index in [1.54, 1.807) is 0 Å². The predicted octanol–water partition coefficient (Wildman–Crippen LogP) is 2.10. The van der Waals surface area contributed by atoms with E-state index >= 15 is 0 Å². The third-order valence-electron chi connectivity index (χ3n) is 1.90. The van der Waals surface area contributed by atoms with Gasteiger partial charge in [-0.1, -0.05) is 17.7 Å². The van der Waals surface area contributed by atoms with E-state index in [2.05, 4.69) is 4.18 Å². The highest BCUT2D eigenvalue weighted by Gasteiger charge is 2.48. The van der Waals surface area contributed by atoms with E-state index in [9.17, 15) is 21.6 Å². The van der Waals surface area contributed by atoms with Crippen molar-refractivity contribution in [3.63, 3.8) is 0 Å². The van der Waals surface area contributed by atoms with Gasteiger partial charge in [-0.15, -0.1) is 0 Å². The van der Waals surface area contributed by atoms with Crippen molar-refractivity contribution < 1.29 is 30.9 Å². The molecule has 1 rings (SSSR count). The number of aliphatic hydroxyl groups excluding tert-OH is 1. The number of benzene rings is 1. The van der Waals surface area contributed by atoms with Crippen LogP contribution in [0.5, 0.6) is 5.75 Å². The summed E-state index contributed by atoms with van der Waals surface area (Å²) >= 11 is 5.68. The van der Waals surface area contributed by atoms with E-state index in [0.29, 0.717) is 5.56 Å². The molecule has 18 heavy (non-hydrogen) atoms. The molecule has 1 aromatic carbocycles. The molecule has 1 N–H and O–H groups in total. The molecule has 0 fully saturated rings. The van der Waals surface area contributed by atoms with Crippen LogP contribution in [-0.2, 0) is 16.5 Å². The van der Waals surface area contributed by atoms with Crippen molar-refractivity contribution in [2.75, 3.05) is 6.61 Å². The largest absolute Gasteiger partial charge is 0.534 e. The first-order valence-electron chi connectivity index (χ1n) is 4.57. The topological polar surface area (TPSA) is 63.6 Å². The maximum absolute atomic E-state index is 12.0. The molecule has 0 aromatic heterocycles. The summed E-state index contributed by atoms with van der Waals surface area (Å²) in [6.07, 6.45) is 0.200. The lowest BCUT2D eigenvalue weighted by molar-refractivity contribution is -0.0500. The summed E-state index contributed by atoms with van der Waals surface area (Å²) in [5.74, 6) is -0.543. The van der Waals surface area contributed by atoms with Gasteiger partial charge in [0, 0.05) is 17.7 Å². The number of hydrogen-bond acceptors (Lipinski definition) is 4. The SMILES string of the molecule is O=S(=O)(Oc1ccc(CCO)c(Cl)c1)C(F)(F)F. The first kappa shape index (κ1) is 15.1. The minimum absolute atomic E-state index is 0.0129. The Labute approximate surface area is 106 Å². The van der Waals surface area contributed by atoms with Crippen molar-refractivity contribution in [3.05, 3.63) is 28.8 Å². The molecule has 102 valence electrons. The molecule has 0 radical (unpaired) electrons. The Morgan fingerprint density at radius 1 is 1.33 bits per heavy atom. The second-order valence-corrected chi connectivity index (χ2v) is 5.16. The third-order valence-corrected chi connectivity index (χ3v) is 3.23. The van der Waals surface area contributed by atoms with E-state index in [1.165, 1.54) is 6.07 Å². The lowest BCUT2D eigenvalue weighted by Crippen LogP contribution is -2.28. The summed E-state index contributed by atoms with van der Waals surface area (Å²) in [5, 5.41) is 8.68. The first-order valence-corrected chi connectivity index (χ1v) is 6.36. The molecule has 0 aliphatic heterocycles. The smallest absolute Gasteiger partial charge is 0.396 e. The van der Waals surface area contributed by atoms with E-state index < -0.39 is 21.4 Å². The minimum Gasteiger partial charge on any atom is -0.396 e. The Kier molecular flexibility index (Phi) is 4.46. The molecule has 0 aliphatic carbocycles. The fraction of sp³-hybridized carbons (Fsp3) is 0.333. The Hall–Kier alpha value is -0.990. The summed E-state index contributed by atoms with van der Waals surface area (Å²) in [4.78, 5) is 0. The summed E-state index contributed by atoms with van der Waals surface area (Å²) in [5.41, 5.74) is -5.03. The molecular formula is C9H8ClF3O4S. The van der Waals surface area contributed by atoms with Crippen LogP contribution in [0.1, 0.15) is 5.56 Å². The first-order chi connectivity index (χ1) is 8.17. The Morgan fingerprint density at radius 2 is 1.94 bits per heavy atom. The van der Waals surface area contributed by atoms with Gasteiger partial charge in [-0.3, -0.25) is 0 Å². The number of halogens is 4. The highest BCUT2D eigenvalue weighted by Crippen LogP contribution is 2.29. The van der Waals surface area contributed by atoms with Crippen LogP contribution in [0.2, 0.25) is 5.02 Å². The summed E-state index contributed by atoms with van der Waals surface area (Å²) in [7, 11) is -5.70. The molecule has 0 unspecified atom stereocenters. The number of aliphatic hydroxyl groups is 1. The molecule has 0 saturated heterocycles. The summed E-state index contributed by atoms with van der Waals surface area (Å²) in [6, 6.07) is 3.25. The average molecular weight is 305 g/mol. The van der Waals surface area contributed by atoms with Crippen molar-refractivity contribution in [1.82, 2.24) is 0 Å². The average Bonchev–Trinajstić information content (AvgIpc) is 2.20. The van der Waals surface area contributed by atoms with Gasteiger partial charge in [0.25, 0.3) is 0 Å². The normalized spacial score (nSPS) is 12.5. The maximum Gasteiger partial charge on any atom is 0.534 e. The van der Waals surface area contributed by atoms with Crippen LogP contribution < -0.4 is 4.18 Å². The van der Waals surface area contributed by atoms with Gasteiger partial charge < -0.3 is 9.29 Å². The predicted molar refractivity (Wildman–Crippen MR) is 57.8 cm³/mol. The van der Waals surface area contributed by atoms with Gasteiger partial charge in [-0.2, -0.15) is 21.6 Å². The molecule has 0 saturated carbocycles. The second kappa shape index (κ2) is 5.33. The van der Waals surface area contributed by atoms with Gasteiger partial charge in [0.2, 0.25) is 0 Å². The van der Waals surface area contributed by atoms with Crippen LogP contribution in [0, 0.1) is 0 Å². The highest BCUT2D eigenvalue weighted by molar-refractivity contribution is 7.88. The zero-order valence-corrected chi connectivity index (χ0v) is 10.3. The van der Waals surface area contributed by atoms with Crippen molar-refractivity contribution >= 4 is 21.7 Å². The molecule has 1 aromatic rings. The monoisotopic (exact) mass is 304 g/mol. The van der Waals surface area contributed by atoms with Crippen LogP contribution in [0.4, 0.5) is 13.2 Å². The maximum atomic E-state index is 12.0. The van der Waals surface area contributed by atoms with Crippen molar-refractivity contribution in [3.8, 4) is 5.75 Å². The van der Waals surface area contributed by atoms with Crippen LogP contribution in [0.3, 0.4) is 0 Å². The molecule has 0 spiro atoms. The zero-order chi connectivity index (χ0) is 14.0. The number of rotatable bonds is 4. The van der Waals surface area contributed by atoms with E-state index in [0.717, 1.165) is 12.1 Å². The van der Waals surface area contributed by atoms with Crippen LogP contribution in [-0.4, -0.2) is 25.6 Å². The highest BCUT2D eigenvalue weighted by atomic mass is 35.5. The van der Waals surface area contributed by atoms with Crippen LogP contribution in [0.25, 0.3) is 0 Å². The van der Waals surface area contributed by atoms with E-state index in [-0.39, 0.29) is 18.1 Å². The Balaban J connectivity index is 2.98. The van der Waals surface area contributed by atoms with Gasteiger partial charge in [0.15, 0.2) is 0 Å². The van der Waals surface area contributed by atoms with Gasteiger partial charge in [-0.05, 0) is 18.1 Å². The fourth-order valence-electron chi connectivity index (χ4n) is 1.08. The van der Waals surface area contributed by atoms with Gasteiger partial charge in [0.1, 0.15) is 5.75 Å². The Bertz CT molecular complexity index is 527. The summed E-state index contributed by atoms with van der Waals surface area (Å²) < 4.78 is 61.4. The molecule has 0 aliphatic rings. The fourth-order valence-corrected chi connectivity index (χ4v) is 1.79. The molecule has 0 atom stereocenters. The quantitative estimate of drug-likeness (QED) is 0.683. The lowest BCUT2D eigenvalue weighted by Gasteiger charge is -2.10. The molecular weight excluding hydrogens is 297 g/mol. The van der Waals surface area contributed by atoms with Gasteiger partial charge in [0.05, 0.1) is 0 Å². The van der Waals surface area contributed by atoms with Gasteiger partial charge in [-0.25, -0.2) is 0 Å². The lowest BCUT2D eigenvalue weighted by atomic mass is 10.1. The van der Waals surface area contributed by atoms with Crippen LogP contribution in [0.15, 0.2) is 18.2 Å². The molecule has 0 bridgehead atoms. The number of alkyl halides is 3. The molecule has 4 nitrogen and oxygen atoms in total. The van der Waals surface area contributed by atoms with Crippen molar-refractivity contribution in [2.24, 2.45) is 0 Å². The van der Waals surface area contributed by atoms with E-state index in [1.807, 2.05) is 0 Å². The van der Waals surface area contributed by atoms with E-state index in [4.69, 9.17) is 16.7 Å². The molecule has 0 amide bonds. The standard InChI is InChI=1S/C9H8ClF3O4S/c10-8-5-7(2-1-6(8)3-4-14)17-18(15,16)9(11,12)13/h1-2,5,14H,3-4H2. The second-order valence-electron chi connectivity index (χ2n) is 3.21. The van der Waals surface area contributed by atoms with Crippen LogP contribution >= 0.6 is 11.6 Å². The third kappa shape index (κ3) is 3.50. The Morgan fingerprint density at radius 3 is 2.39 bits per heavy atom. The minimum atomic E-state index is -5.70. The zero-order valence-electron chi connectivity index (χ0n) is 8.74. The molecule has 9 heteroatoms. The summed E-state index contributed by atoms with van der Waals surface area (Å²) in [6.45, 7) is -0.194. The van der Waals surface area contributed by atoms with Crippen molar-refractivity contribution in [1.29, 1.82) is 0 Å². The van der Waals surface area contributed by atoms with Gasteiger partial charge >= 0.3 is 15.6 Å².